The predicted octanol–water partition coefficient (Wildman–Crippen LogP) is 2.91. The van der Waals surface area contributed by atoms with Gasteiger partial charge < -0.3 is 4.55 Å². The topological polar surface area (TPSA) is 65.8 Å². The highest BCUT2D eigenvalue weighted by Gasteiger charge is 2.29. The zero-order valence-electron chi connectivity index (χ0n) is 13.2. The van der Waals surface area contributed by atoms with Crippen molar-refractivity contribution in [2.75, 3.05) is 0 Å². The number of rotatable bonds is 5. The van der Waals surface area contributed by atoms with Crippen molar-refractivity contribution in [3.63, 3.8) is 0 Å². The molecule has 0 aromatic carbocycles. The van der Waals surface area contributed by atoms with Gasteiger partial charge >= 0.3 is 0 Å². The number of nitrogens with one attached hydrogen (secondary N) is 1. The van der Waals surface area contributed by atoms with Crippen LogP contribution in [0.15, 0.2) is 30.7 Å². The number of aromatic nitrogens is 3. The number of hydrogen-bond acceptors (Lipinski definition) is 4. The molecular formula is C15H21FN4OS. The lowest BCUT2D eigenvalue weighted by atomic mass is 10.1. The summed E-state index contributed by atoms with van der Waals surface area (Å²) in [5.41, 5.74) is 0.941. The second-order valence-corrected chi connectivity index (χ2v) is 8.01. The molecule has 0 aliphatic carbocycles. The zero-order valence-corrected chi connectivity index (χ0v) is 14.0. The molecule has 0 aliphatic heterocycles. The van der Waals surface area contributed by atoms with Crippen LogP contribution in [0.3, 0.4) is 0 Å². The van der Waals surface area contributed by atoms with Gasteiger partial charge in [-0.2, -0.15) is 5.10 Å². The Labute approximate surface area is 133 Å². The number of hydrogen-bond donors (Lipinski definition) is 1. The molecule has 0 spiro atoms. The van der Waals surface area contributed by atoms with Gasteiger partial charge in [-0.05, 0) is 38.8 Å². The van der Waals surface area contributed by atoms with Crippen molar-refractivity contribution in [2.45, 2.75) is 44.9 Å². The Hall–Kier alpha value is -1.44. The minimum Gasteiger partial charge on any atom is -0.598 e. The highest BCUT2D eigenvalue weighted by Crippen LogP contribution is 2.22. The molecule has 0 fully saturated rings. The van der Waals surface area contributed by atoms with Crippen molar-refractivity contribution in [3.8, 4) is 5.82 Å². The SMILES string of the molecule is CC[C@H](N[S@+]([O-])C(C)(C)C)c1ccc(-n2cc(F)cn2)nc1. The Morgan fingerprint density at radius 1 is 1.36 bits per heavy atom. The van der Waals surface area contributed by atoms with E-state index >= 15 is 0 Å². The van der Waals surface area contributed by atoms with Crippen LogP contribution in [0.1, 0.15) is 45.7 Å². The highest BCUT2D eigenvalue weighted by molar-refractivity contribution is 7.90. The van der Waals surface area contributed by atoms with Gasteiger partial charge in [0.25, 0.3) is 0 Å². The first-order chi connectivity index (χ1) is 10.3. The molecule has 0 saturated heterocycles. The van der Waals surface area contributed by atoms with Crippen LogP contribution in [0.25, 0.3) is 5.82 Å². The summed E-state index contributed by atoms with van der Waals surface area (Å²) in [5, 5.41) is 3.88. The van der Waals surface area contributed by atoms with Gasteiger partial charge in [0, 0.05) is 17.6 Å². The Bertz CT molecular complexity index is 609. The molecule has 0 unspecified atom stereocenters. The minimum absolute atomic E-state index is 0.0454. The molecule has 2 heterocycles. The van der Waals surface area contributed by atoms with E-state index in [1.54, 1.807) is 12.3 Å². The monoisotopic (exact) mass is 324 g/mol. The van der Waals surface area contributed by atoms with Gasteiger partial charge in [0.1, 0.15) is 4.75 Å². The van der Waals surface area contributed by atoms with Crippen molar-refractivity contribution in [1.82, 2.24) is 19.5 Å². The molecule has 0 saturated carbocycles. The summed E-state index contributed by atoms with van der Waals surface area (Å²) in [7, 11) is 0. The third kappa shape index (κ3) is 4.06. The van der Waals surface area contributed by atoms with Crippen LogP contribution >= 0.6 is 0 Å². The third-order valence-electron chi connectivity index (χ3n) is 3.17. The van der Waals surface area contributed by atoms with Gasteiger partial charge in [-0.25, -0.2) is 14.1 Å². The second-order valence-electron chi connectivity index (χ2n) is 6.01. The first-order valence-electron chi connectivity index (χ1n) is 7.16. The van der Waals surface area contributed by atoms with E-state index in [1.165, 1.54) is 10.9 Å². The van der Waals surface area contributed by atoms with Gasteiger partial charge in [0.05, 0.1) is 18.4 Å². The molecule has 2 aromatic heterocycles. The lowest BCUT2D eigenvalue weighted by Gasteiger charge is -2.27. The fourth-order valence-corrected chi connectivity index (χ4v) is 2.77. The molecule has 0 amide bonds. The van der Waals surface area contributed by atoms with Gasteiger partial charge in [-0.15, -0.1) is 4.72 Å². The van der Waals surface area contributed by atoms with Crippen molar-refractivity contribution in [1.29, 1.82) is 0 Å². The molecule has 5 nitrogen and oxygen atoms in total. The van der Waals surface area contributed by atoms with Gasteiger partial charge in [-0.1, -0.05) is 13.0 Å². The lowest BCUT2D eigenvalue weighted by Crippen LogP contribution is -2.41. The molecule has 2 aromatic rings. The normalized spacial score (nSPS) is 14.8. The Morgan fingerprint density at radius 3 is 2.55 bits per heavy atom. The molecule has 0 radical (unpaired) electrons. The summed E-state index contributed by atoms with van der Waals surface area (Å²) in [5.74, 6) is 0.138. The summed E-state index contributed by atoms with van der Waals surface area (Å²) in [6.45, 7) is 7.80. The smallest absolute Gasteiger partial charge is 0.161 e. The molecule has 0 bridgehead atoms. The van der Waals surface area contributed by atoms with E-state index < -0.39 is 17.2 Å². The van der Waals surface area contributed by atoms with Gasteiger partial charge in [0.2, 0.25) is 0 Å². The van der Waals surface area contributed by atoms with Crippen LogP contribution in [-0.2, 0) is 11.4 Å². The van der Waals surface area contributed by atoms with E-state index in [4.69, 9.17) is 0 Å². The van der Waals surface area contributed by atoms with Crippen LogP contribution in [0.2, 0.25) is 0 Å². The standard InChI is InChI=1S/C15H21FN4OS/c1-5-13(19-22(21)15(2,3)4)11-6-7-14(17-8-11)20-10-12(16)9-18-20/h6-10,13,19H,5H2,1-4H3/t13-,22+/m0/s1. The zero-order chi connectivity index (χ0) is 16.3. The third-order valence-corrected chi connectivity index (χ3v) is 4.78. The van der Waals surface area contributed by atoms with E-state index in [1.807, 2.05) is 33.8 Å². The molecule has 7 heteroatoms. The van der Waals surface area contributed by atoms with Crippen LogP contribution in [-0.4, -0.2) is 24.1 Å². The van der Waals surface area contributed by atoms with E-state index in [-0.39, 0.29) is 10.8 Å². The van der Waals surface area contributed by atoms with Crippen molar-refractivity contribution in [2.24, 2.45) is 0 Å². The first kappa shape index (κ1) is 16.9. The van der Waals surface area contributed by atoms with E-state index in [9.17, 15) is 8.94 Å². The van der Waals surface area contributed by atoms with Crippen LogP contribution in [0.4, 0.5) is 4.39 Å². The Kier molecular flexibility index (Phi) is 5.20. The number of pyridine rings is 1. The molecular weight excluding hydrogens is 303 g/mol. The van der Waals surface area contributed by atoms with Crippen molar-refractivity contribution < 1.29 is 8.94 Å². The summed E-state index contributed by atoms with van der Waals surface area (Å²) < 4.78 is 29.4. The maximum absolute atomic E-state index is 13.0. The Balaban J connectivity index is 2.14. The Morgan fingerprint density at radius 2 is 2.09 bits per heavy atom. The van der Waals surface area contributed by atoms with E-state index in [2.05, 4.69) is 14.8 Å². The molecule has 1 N–H and O–H groups in total. The first-order valence-corrected chi connectivity index (χ1v) is 8.30. The molecule has 22 heavy (non-hydrogen) atoms. The average Bonchev–Trinajstić information content (AvgIpc) is 2.90. The molecule has 120 valence electrons. The molecule has 2 rings (SSSR count). The average molecular weight is 324 g/mol. The highest BCUT2D eigenvalue weighted by atomic mass is 32.2. The summed E-state index contributed by atoms with van der Waals surface area (Å²) in [6.07, 6.45) is 4.90. The molecule has 2 atom stereocenters. The maximum Gasteiger partial charge on any atom is 0.161 e. The largest absolute Gasteiger partial charge is 0.598 e. The number of halogens is 1. The fourth-order valence-electron chi connectivity index (χ4n) is 1.86. The summed E-state index contributed by atoms with van der Waals surface area (Å²) in [4.78, 5) is 4.30. The van der Waals surface area contributed by atoms with E-state index in [0.717, 1.165) is 18.2 Å². The van der Waals surface area contributed by atoms with Crippen LogP contribution < -0.4 is 4.72 Å². The molecule has 0 aliphatic rings. The van der Waals surface area contributed by atoms with Crippen LogP contribution in [0, 0.1) is 5.82 Å². The minimum atomic E-state index is -1.15. The predicted molar refractivity (Wildman–Crippen MR) is 85.4 cm³/mol. The fraction of sp³-hybridized carbons (Fsp3) is 0.467. The summed E-state index contributed by atoms with van der Waals surface area (Å²) >= 11 is -1.15. The van der Waals surface area contributed by atoms with E-state index in [0.29, 0.717) is 5.82 Å². The number of nitrogens with zero attached hydrogens (tertiary/aromatic N) is 3. The van der Waals surface area contributed by atoms with Crippen LogP contribution in [0.5, 0.6) is 0 Å². The van der Waals surface area contributed by atoms with Crippen molar-refractivity contribution >= 4 is 11.4 Å². The second kappa shape index (κ2) is 6.76. The summed E-state index contributed by atoms with van der Waals surface area (Å²) in [6, 6.07) is 3.62. The lowest BCUT2D eigenvalue weighted by molar-refractivity contribution is 0.518. The maximum atomic E-state index is 13.0. The van der Waals surface area contributed by atoms with Gasteiger partial charge in [-0.3, -0.25) is 0 Å². The quantitative estimate of drug-likeness (QED) is 0.859. The van der Waals surface area contributed by atoms with Gasteiger partial charge in [0.15, 0.2) is 11.6 Å². The van der Waals surface area contributed by atoms with Crippen molar-refractivity contribution in [3.05, 3.63) is 42.1 Å².